The van der Waals surface area contributed by atoms with Gasteiger partial charge in [0, 0.05) is 12.8 Å². The van der Waals surface area contributed by atoms with E-state index in [-0.39, 0.29) is 12.3 Å². The van der Waals surface area contributed by atoms with Gasteiger partial charge in [0.2, 0.25) is 5.91 Å². The van der Waals surface area contributed by atoms with Crippen LogP contribution >= 0.6 is 0 Å². The second-order valence-electron chi connectivity index (χ2n) is 5.10. The van der Waals surface area contributed by atoms with Gasteiger partial charge >= 0.3 is 5.97 Å². The number of nitrogens with zero attached hydrogens (tertiary/aromatic N) is 1. The van der Waals surface area contributed by atoms with Gasteiger partial charge < -0.3 is 15.7 Å². The molecule has 0 aliphatic carbocycles. The highest BCUT2D eigenvalue weighted by Gasteiger charge is 1.97. The Balaban J connectivity index is 0. The standard InChI is InChI=1S/C10H19NO3.C6H15N/c11-9(12)7-5-3-1-2-4-6-8-10(13)14;1-4-7(5-2)6-3/h1-8H2,(H2,11,12)(H,13,14);4-6H2,1-3H3. The number of hydrogen-bond acceptors (Lipinski definition) is 3. The van der Waals surface area contributed by atoms with E-state index in [1.807, 2.05) is 0 Å². The van der Waals surface area contributed by atoms with Gasteiger partial charge in [0.05, 0.1) is 0 Å². The van der Waals surface area contributed by atoms with Crippen LogP contribution in [0.2, 0.25) is 0 Å². The van der Waals surface area contributed by atoms with Crippen LogP contribution in [0.25, 0.3) is 0 Å². The molecular weight excluding hydrogens is 268 g/mol. The molecule has 0 fully saturated rings. The Morgan fingerprint density at radius 3 is 1.48 bits per heavy atom. The molecule has 0 saturated heterocycles. The Morgan fingerprint density at radius 2 is 1.19 bits per heavy atom. The van der Waals surface area contributed by atoms with Crippen molar-refractivity contribution in [2.24, 2.45) is 5.73 Å². The van der Waals surface area contributed by atoms with Crippen LogP contribution in [-0.2, 0) is 9.59 Å². The molecule has 0 aromatic heterocycles. The maximum atomic E-state index is 10.4. The van der Waals surface area contributed by atoms with Crippen LogP contribution in [0.5, 0.6) is 0 Å². The summed E-state index contributed by atoms with van der Waals surface area (Å²) in [5.41, 5.74) is 4.98. The van der Waals surface area contributed by atoms with Crippen molar-refractivity contribution in [2.45, 2.75) is 72.1 Å². The van der Waals surface area contributed by atoms with E-state index in [4.69, 9.17) is 10.8 Å². The third-order valence-corrected chi connectivity index (χ3v) is 3.41. The topological polar surface area (TPSA) is 83.6 Å². The smallest absolute Gasteiger partial charge is 0.303 e. The van der Waals surface area contributed by atoms with Gasteiger partial charge in [-0.15, -0.1) is 0 Å². The van der Waals surface area contributed by atoms with Gasteiger partial charge in [-0.25, -0.2) is 0 Å². The van der Waals surface area contributed by atoms with Gasteiger partial charge in [0.1, 0.15) is 0 Å². The Morgan fingerprint density at radius 1 is 0.810 bits per heavy atom. The normalized spacial score (nSPS) is 10.1. The van der Waals surface area contributed by atoms with Crippen molar-refractivity contribution in [3.05, 3.63) is 0 Å². The molecule has 0 spiro atoms. The average molecular weight is 302 g/mol. The predicted octanol–water partition coefficient (Wildman–Crippen LogP) is 3.03. The lowest BCUT2D eigenvalue weighted by Gasteiger charge is -2.13. The van der Waals surface area contributed by atoms with Gasteiger partial charge in [-0.3, -0.25) is 9.59 Å². The predicted molar refractivity (Wildman–Crippen MR) is 87.2 cm³/mol. The van der Waals surface area contributed by atoms with E-state index in [0.29, 0.717) is 6.42 Å². The Labute approximate surface area is 129 Å². The fourth-order valence-electron chi connectivity index (χ4n) is 1.95. The average Bonchev–Trinajstić information content (AvgIpc) is 2.44. The van der Waals surface area contributed by atoms with Gasteiger partial charge in [0.25, 0.3) is 0 Å². The monoisotopic (exact) mass is 302 g/mol. The minimum Gasteiger partial charge on any atom is -0.481 e. The first-order valence-electron chi connectivity index (χ1n) is 8.20. The zero-order valence-electron chi connectivity index (χ0n) is 14.1. The molecular formula is C16H34N2O3. The lowest BCUT2D eigenvalue weighted by Crippen LogP contribution is -2.21. The summed E-state index contributed by atoms with van der Waals surface area (Å²) in [4.78, 5) is 22.9. The molecule has 0 aromatic rings. The highest BCUT2D eigenvalue weighted by Crippen LogP contribution is 2.08. The van der Waals surface area contributed by atoms with Crippen LogP contribution < -0.4 is 5.73 Å². The van der Waals surface area contributed by atoms with Gasteiger partial charge in [-0.1, -0.05) is 46.5 Å². The summed E-state index contributed by atoms with van der Waals surface area (Å²) in [6.45, 7) is 10.1. The number of carboxylic acid groups (broad SMARTS) is 1. The minimum atomic E-state index is -0.723. The van der Waals surface area contributed by atoms with E-state index in [0.717, 1.165) is 38.5 Å². The second-order valence-corrected chi connectivity index (χ2v) is 5.10. The largest absolute Gasteiger partial charge is 0.481 e. The van der Waals surface area contributed by atoms with Crippen molar-refractivity contribution in [3.63, 3.8) is 0 Å². The van der Waals surface area contributed by atoms with Crippen LogP contribution in [0.1, 0.15) is 72.1 Å². The van der Waals surface area contributed by atoms with E-state index in [9.17, 15) is 9.59 Å². The maximum absolute atomic E-state index is 10.4. The SMILES string of the molecule is CCN(CC)CC.NC(=O)CCCCCCCCC(=O)O. The fraction of sp³-hybridized carbons (Fsp3) is 0.875. The van der Waals surface area contributed by atoms with Gasteiger partial charge in [-0.2, -0.15) is 0 Å². The number of nitrogens with two attached hydrogens (primary N) is 1. The Kier molecular flexibility index (Phi) is 17.9. The molecule has 0 unspecified atom stereocenters. The summed E-state index contributed by atoms with van der Waals surface area (Å²) < 4.78 is 0. The van der Waals surface area contributed by atoms with Gasteiger partial charge in [-0.05, 0) is 32.5 Å². The maximum Gasteiger partial charge on any atom is 0.303 e. The van der Waals surface area contributed by atoms with E-state index >= 15 is 0 Å². The van der Waals surface area contributed by atoms with Crippen LogP contribution in [-0.4, -0.2) is 41.5 Å². The third kappa shape index (κ3) is 21.4. The molecule has 5 heteroatoms. The number of carboxylic acids is 1. The molecule has 5 nitrogen and oxygen atoms in total. The molecule has 3 N–H and O–H groups in total. The van der Waals surface area contributed by atoms with Crippen molar-refractivity contribution < 1.29 is 14.7 Å². The van der Waals surface area contributed by atoms with Crippen molar-refractivity contribution in [1.29, 1.82) is 0 Å². The number of aliphatic carboxylic acids is 1. The first-order chi connectivity index (χ1) is 9.97. The van der Waals surface area contributed by atoms with Crippen LogP contribution in [0.15, 0.2) is 0 Å². The summed E-state index contributed by atoms with van der Waals surface area (Å²) in [7, 11) is 0. The molecule has 0 heterocycles. The number of carbonyl (C=O) groups is 2. The molecule has 126 valence electrons. The highest BCUT2D eigenvalue weighted by molar-refractivity contribution is 5.73. The van der Waals surface area contributed by atoms with E-state index < -0.39 is 5.97 Å². The summed E-state index contributed by atoms with van der Waals surface area (Å²) in [5, 5.41) is 8.36. The van der Waals surface area contributed by atoms with Crippen molar-refractivity contribution in [2.75, 3.05) is 19.6 Å². The molecule has 0 radical (unpaired) electrons. The lowest BCUT2D eigenvalue weighted by atomic mass is 10.1. The first-order valence-corrected chi connectivity index (χ1v) is 8.20. The molecule has 0 saturated carbocycles. The number of unbranched alkanes of at least 4 members (excludes halogenated alkanes) is 5. The van der Waals surface area contributed by atoms with Crippen molar-refractivity contribution >= 4 is 11.9 Å². The van der Waals surface area contributed by atoms with Crippen molar-refractivity contribution in [3.8, 4) is 0 Å². The molecule has 0 aliphatic rings. The molecule has 0 bridgehead atoms. The van der Waals surface area contributed by atoms with Crippen molar-refractivity contribution in [1.82, 2.24) is 4.90 Å². The summed E-state index contributed by atoms with van der Waals surface area (Å²) >= 11 is 0. The second kappa shape index (κ2) is 17.0. The van der Waals surface area contributed by atoms with Gasteiger partial charge in [0.15, 0.2) is 0 Å². The number of primary amides is 1. The van der Waals surface area contributed by atoms with E-state index in [2.05, 4.69) is 25.7 Å². The van der Waals surface area contributed by atoms with Crippen LogP contribution in [0.4, 0.5) is 0 Å². The molecule has 0 aliphatic heterocycles. The van der Waals surface area contributed by atoms with Crippen LogP contribution in [0, 0.1) is 0 Å². The number of carbonyl (C=O) groups excluding carboxylic acids is 1. The zero-order valence-corrected chi connectivity index (χ0v) is 14.1. The van der Waals surface area contributed by atoms with E-state index in [1.54, 1.807) is 0 Å². The Hall–Kier alpha value is -1.10. The summed E-state index contributed by atoms with van der Waals surface area (Å²) in [6, 6.07) is 0. The quantitative estimate of drug-likeness (QED) is 0.543. The minimum absolute atomic E-state index is 0.240. The zero-order chi connectivity index (χ0) is 16.5. The highest BCUT2D eigenvalue weighted by atomic mass is 16.4. The molecule has 0 aromatic carbocycles. The molecule has 0 rings (SSSR count). The summed E-state index contributed by atoms with van der Waals surface area (Å²) in [6.07, 6.45) is 6.42. The molecule has 1 amide bonds. The van der Waals surface area contributed by atoms with Crippen LogP contribution in [0.3, 0.4) is 0 Å². The fourth-order valence-corrected chi connectivity index (χ4v) is 1.95. The first kappa shape index (κ1) is 22.2. The lowest BCUT2D eigenvalue weighted by molar-refractivity contribution is -0.137. The summed E-state index contributed by atoms with van der Waals surface area (Å²) in [5.74, 6) is -0.963. The number of amides is 1. The molecule has 21 heavy (non-hydrogen) atoms. The number of hydrogen-bond donors (Lipinski definition) is 2. The third-order valence-electron chi connectivity index (χ3n) is 3.41. The van der Waals surface area contributed by atoms with E-state index in [1.165, 1.54) is 19.6 Å². The number of rotatable bonds is 12. The molecule has 0 atom stereocenters. The Bertz CT molecular complexity index is 228.